The molecule has 3 rings (SSSR count). The van der Waals surface area contributed by atoms with Crippen LogP contribution >= 0.6 is 0 Å². The molecule has 0 saturated carbocycles. The molecule has 0 aromatic heterocycles. The molecule has 0 fully saturated rings. The molecule has 0 aliphatic heterocycles. The number of amides is 2. The Morgan fingerprint density at radius 1 is 1.04 bits per heavy atom. The van der Waals surface area contributed by atoms with Gasteiger partial charge in [-0.15, -0.1) is 0 Å². The van der Waals surface area contributed by atoms with Crippen molar-refractivity contribution < 1.29 is 14.3 Å². The second-order valence-electron chi connectivity index (χ2n) is 6.20. The van der Waals surface area contributed by atoms with Crippen molar-refractivity contribution in [3.05, 3.63) is 28.3 Å². The molecule has 124 valence electrons. The van der Waals surface area contributed by atoms with Crippen LogP contribution in [0.25, 0.3) is 0 Å². The molecule has 2 aliphatic rings. The first kappa shape index (κ1) is 15.8. The second kappa shape index (κ2) is 7.02. The van der Waals surface area contributed by atoms with Crippen LogP contribution in [0, 0.1) is 0 Å². The Hall–Kier alpha value is -2.04. The van der Waals surface area contributed by atoms with E-state index in [1.165, 1.54) is 35.1 Å². The van der Waals surface area contributed by atoms with E-state index in [0.29, 0.717) is 6.61 Å². The molecule has 0 atom stereocenters. The average Bonchev–Trinajstić information content (AvgIpc) is 3.01. The highest BCUT2D eigenvalue weighted by Gasteiger charge is 2.24. The molecule has 0 heterocycles. The highest BCUT2D eigenvalue weighted by Crippen LogP contribution is 2.37. The van der Waals surface area contributed by atoms with Crippen molar-refractivity contribution in [1.29, 1.82) is 0 Å². The van der Waals surface area contributed by atoms with E-state index in [0.717, 1.165) is 37.8 Å². The highest BCUT2D eigenvalue weighted by atomic mass is 16.5. The maximum Gasteiger partial charge on any atom is 0.325 e. The summed E-state index contributed by atoms with van der Waals surface area (Å²) in [5.74, 6) is -0.414. The topological polar surface area (TPSA) is 67.4 Å². The maximum atomic E-state index is 12.2. The molecule has 5 nitrogen and oxygen atoms in total. The number of carbonyl (C=O) groups excluding carboxylic acids is 2. The summed E-state index contributed by atoms with van der Waals surface area (Å²) < 4.78 is 4.83. The van der Waals surface area contributed by atoms with Gasteiger partial charge in [-0.1, -0.05) is 6.07 Å². The normalized spacial score (nSPS) is 15.5. The molecule has 0 radical (unpaired) electrons. The van der Waals surface area contributed by atoms with E-state index in [1.807, 2.05) is 0 Å². The van der Waals surface area contributed by atoms with Gasteiger partial charge in [-0.05, 0) is 74.1 Å². The third-order valence-electron chi connectivity index (χ3n) is 4.66. The van der Waals surface area contributed by atoms with E-state index >= 15 is 0 Å². The number of fused-ring (bicyclic) bond motifs is 2. The Morgan fingerprint density at radius 2 is 1.70 bits per heavy atom. The van der Waals surface area contributed by atoms with Crippen LogP contribution in [-0.2, 0) is 35.2 Å². The van der Waals surface area contributed by atoms with Gasteiger partial charge in [0.15, 0.2) is 0 Å². The number of aryl methyl sites for hydroxylation is 2. The largest absolute Gasteiger partial charge is 0.465 e. The summed E-state index contributed by atoms with van der Waals surface area (Å²) in [6.45, 7) is 1.97. The van der Waals surface area contributed by atoms with Crippen LogP contribution in [0.5, 0.6) is 0 Å². The zero-order valence-electron chi connectivity index (χ0n) is 13.7. The van der Waals surface area contributed by atoms with Crippen molar-refractivity contribution in [2.75, 3.05) is 18.5 Å². The molecule has 2 aliphatic carbocycles. The number of hydrogen-bond donors (Lipinski definition) is 2. The van der Waals surface area contributed by atoms with E-state index in [2.05, 4.69) is 16.7 Å². The van der Waals surface area contributed by atoms with Crippen LogP contribution < -0.4 is 10.6 Å². The lowest BCUT2D eigenvalue weighted by atomic mass is 9.87. The van der Waals surface area contributed by atoms with E-state index < -0.39 is 5.97 Å². The third-order valence-corrected chi connectivity index (χ3v) is 4.66. The Labute approximate surface area is 136 Å². The van der Waals surface area contributed by atoms with Crippen LogP contribution in [0.2, 0.25) is 0 Å². The van der Waals surface area contributed by atoms with E-state index in [-0.39, 0.29) is 12.6 Å². The minimum absolute atomic E-state index is 0.100. The third kappa shape index (κ3) is 3.49. The van der Waals surface area contributed by atoms with Crippen molar-refractivity contribution in [2.45, 2.75) is 51.9 Å². The summed E-state index contributed by atoms with van der Waals surface area (Å²) in [6, 6.07) is 2.02. The van der Waals surface area contributed by atoms with Gasteiger partial charge in [0, 0.05) is 5.69 Å². The summed E-state index contributed by atoms with van der Waals surface area (Å²) in [6.07, 6.45) is 7.79. The fraction of sp³-hybridized carbons (Fsp3) is 0.556. The predicted octanol–water partition coefficient (Wildman–Crippen LogP) is 2.74. The van der Waals surface area contributed by atoms with E-state index in [1.54, 1.807) is 6.92 Å². The number of anilines is 1. The average molecular weight is 316 g/mol. The molecule has 1 aromatic carbocycles. The summed E-state index contributed by atoms with van der Waals surface area (Å²) in [4.78, 5) is 23.5. The van der Waals surface area contributed by atoms with Gasteiger partial charge in [0.1, 0.15) is 6.54 Å². The zero-order chi connectivity index (χ0) is 16.2. The molecule has 0 unspecified atom stereocenters. The molecular weight excluding hydrogens is 292 g/mol. The first-order chi connectivity index (χ1) is 11.2. The van der Waals surface area contributed by atoms with Crippen molar-refractivity contribution in [1.82, 2.24) is 5.32 Å². The lowest BCUT2D eigenvalue weighted by Gasteiger charge is -2.23. The molecule has 0 spiro atoms. The smallest absolute Gasteiger partial charge is 0.325 e. The molecule has 23 heavy (non-hydrogen) atoms. The first-order valence-electron chi connectivity index (χ1n) is 8.56. The highest BCUT2D eigenvalue weighted by molar-refractivity contribution is 5.93. The lowest BCUT2D eigenvalue weighted by molar-refractivity contribution is -0.141. The van der Waals surface area contributed by atoms with E-state index in [4.69, 9.17) is 4.74 Å². The van der Waals surface area contributed by atoms with Gasteiger partial charge in [0.05, 0.1) is 6.61 Å². The number of nitrogens with one attached hydrogen (secondary N) is 2. The van der Waals surface area contributed by atoms with Crippen LogP contribution in [0.15, 0.2) is 6.07 Å². The van der Waals surface area contributed by atoms with Gasteiger partial charge in [0.2, 0.25) is 0 Å². The van der Waals surface area contributed by atoms with Gasteiger partial charge in [-0.2, -0.15) is 0 Å². The van der Waals surface area contributed by atoms with Gasteiger partial charge in [0.25, 0.3) is 0 Å². The molecule has 1 aromatic rings. The molecular formula is C18H24N2O3. The summed E-state index contributed by atoms with van der Waals surface area (Å²) in [7, 11) is 0. The molecule has 5 heteroatoms. The number of rotatable bonds is 4. The number of urea groups is 1. The minimum atomic E-state index is -0.414. The number of hydrogen-bond acceptors (Lipinski definition) is 3. The lowest BCUT2D eigenvalue weighted by Crippen LogP contribution is -2.34. The fourth-order valence-corrected chi connectivity index (χ4v) is 3.65. The SMILES string of the molecule is CCOC(=O)CNC(=O)Nc1c2c(cc3c1CCC3)CCCC2. The Morgan fingerprint density at radius 3 is 2.43 bits per heavy atom. The van der Waals surface area contributed by atoms with Crippen LogP contribution in [0.3, 0.4) is 0 Å². The van der Waals surface area contributed by atoms with Gasteiger partial charge >= 0.3 is 12.0 Å². The van der Waals surface area contributed by atoms with Crippen LogP contribution in [0.4, 0.5) is 10.5 Å². The molecule has 2 N–H and O–H groups in total. The van der Waals surface area contributed by atoms with Crippen molar-refractivity contribution in [2.24, 2.45) is 0 Å². The van der Waals surface area contributed by atoms with Crippen molar-refractivity contribution in [3.63, 3.8) is 0 Å². The molecule has 0 saturated heterocycles. The maximum absolute atomic E-state index is 12.2. The number of ether oxygens (including phenoxy) is 1. The number of benzene rings is 1. The van der Waals surface area contributed by atoms with Gasteiger partial charge in [-0.25, -0.2) is 4.79 Å². The number of carbonyl (C=O) groups is 2. The number of esters is 1. The quantitative estimate of drug-likeness (QED) is 0.839. The monoisotopic (exact) mass is 316 g/mol. The van der Waals surface area contributed by atoms with E-state index in [9.17, 15) is 9.59 Å². The Balaban J connectivity index is 1.75. The molecule has 2 amide bonds. The Kier molecular flexibility index (Phi) is 4.84. The van der Waals surface area contributed by atoms with Crippen molar-refractivity contribution >= 4 is 17.7 Å². The zero-order valence-corrected chi connectivity index (χ0v) is 13.7. The van der Waals surface area contributed by atoms with Gasteiger partial charge in [-0.3, -0.25) is 4.79 Å². The fourth-order valence-electron chi connectivity index (χ4n) is 3.65. The Bertz CT molecular complexity index is 625. The predicted molar refractivity (Wildman–Crippen MR) is 88.8 cm³/mol. The van der Waals surface area contributed by atoms with Gasteiger partial charge < -0.3 is 15.4 Å². The second-order valence-corrected chi connectivity index (χ2v) is 6.20. The summed E-state index contributed by atoms with van der Waals surface area (Å²) in [5, 5.41) is 5.60. The standard InChI is InChI=1S/C18H24N2O3/c1-2-23-16(21)11-19-18(22)20-17-14-8-4-3-6-12(14)10-13-7-5-9-15(13)17/h10H,2-9,11H2,1H3,(H2,19,20,22). The molecule has 0 bridgehead atoms. The summed E-state index contributed by atoms with van der Waals surface area (Å²) in [5.41, 5.74) is 6.35. The van der Waals surface area contributed by atoms with Crippen molar-refractivity contribution in [3.8, 4) is 0 Å². The first-order valence-corrected chi connectivity index (χ1v) is 8.56. The summed E-state index contributed by atoms with van der Waals surface area (Å²) >= 11 is 0. The minimum Gasteiger partial charge on any atom is -0.465 e. The van der Waals surface area contributed by atoms with Crippen LogP contribution in [-0.4, -0.2) is 25.2 Å². The van der Waals surface area contributed by atoms with Crippen LogP contribution in [0.1, 0.15) is 48.4 Å².